The molecule has 2 rings (SSSR count). The number of methoxy groups -OCH3 is 1. The Morgan fingerprint density at radius 3 is 3.00 bits per heavy atom. The van der Waals surface area contributed by atoms with Gasteiger partial charge in [-0.15, -0.1) is 0 Å². The quantitative estimate of drug-likeness (QED) is 0.817. The van der Waals surface area contributed by atoms with Crippen molar-refractivity contribution in [2.45, 2.75) is 19.1 Å². The lowest BCUT2D eigenvalue weighted by molar-refractivity contribution is 0.0666. The van der Waals surface area contributed by atoms with Crippen LogP contribution >= 0.6 is 0 Å². The summed E-state index contributed by atoms with van der Waals surface area (Å²) in [5, 5.41) is 18.4. The van der Waals surface area contributed by atoms with Crippen LogP contribution in [0.3, 0.4) is 0 Å². The first-order chi connectivity index (χ1) is 8.67. The Kier molecular flexibility index (Phi) is 3.84. The Hall–Kier alpha value is -1.59. The molecule has 5 nitrogen and oxygen atoms in total. The van der Waals surface area contributed by atoms with E-state index >= 15 is 0 Å². The summed E-state index contributed by atoms with van der Waals surface area (Å²) in [5.74, 6) is 1.26. The van der Waals surface area contributed by atoms with E-state index in [0.717, 1.165) is 16.9 Å². The summed E-state index contributed by atoms with van der Waals surface area (Å²) < 4.78 is 10.7. The number of aliphatic imine (C=N–C) groups is 1. The maximum atomic E-state index is 9.53. The number of hydrogen-bond acceptors (Lipinski definition) is 5. The number of benzene rings is 1. The summed E-state index contributed by atoms with van der Waals surface area (Å²) in [5.41, 5.74) is 1.79. The van der Waals surface area contributed by atoms with Crippen LogP contribution in [0.25, 0.3) is 0 Å². The SMILES string of the molecule is COc1cccc(C2=N[C@H]([C@@H](O)CO)CO2)c1C. The molecule has 0 fully saturated rings. The minimum Gasteiger partial charge on any atom is -0.496 e. The minimum absolute atomic E-state index is 0.285. The van der Waals surface area contributed by atoms with E-state index in [9.17, 15) is 5.11 Å². The van der Waals surface area contributed by atoms with Gasteiger partial charge in [-0.3, -0.25) is 0 Å². The molecule has 0 saturated heterocycles. The molecule has 1 aliphatic rings. The first-order valence-corrected chi connectivity index (χ1v) is 5.81. The third-order valence-electron chi connectivity index (χ3n) is 3.04. The van der Waals surface area contributed by atoms with Crippen LogP contribution in [-0.2, 0) is 4.74 Å². The second kappa shape index (κ2) is 5.37. The summed E-state index contributed by atoms with van der Waals surface area (Å²) in [6.45, 7) is 1.89. The lowest BCUT2D eigenvalue weighted by atomic mass is 10.1. The molecule has 0 amide bonds. The molecule has 1 heterocycles. The fourth-order valence-corrected chi connectivity index (χ4v) is 1.92. The smallest absolute Gasteiger partial charge is 0.217 e. The lowest BCUT2D eigenvalue weighted by Gasteiger charge is -2.09. The van der Waals surface area contributed by atoms with E-state index in [1.54, 1.807) is 7.11 Å². The van der Waals surface area contributed by atoms with Crippen molar-refractivity contribution in [1.29, 1.82) is 0 Å². The van der Waals surface area contributed by atoms with E-state index in [1.165, 1.54) is 0 Å². The Morgan fingerprint density at radius 1 is 1.56 bits per heavy atom. The Morgan fingerprint density at radius 2 is 2.33 bits per heavy atom. The molecule has 98 valence electrons. The van der Waals surface area contributed by atoms with Gasteiger partial charge in [-0.1, -0.05) is 6.07 Å². The van der Waals surface area contributed by atoms with Crippen molar-refractivity contribution >= 4 is 5.90 Å². The first-order valence-electron chi connectivity index (χ1n) is 5.81. The van der Waals surface area contributed by atoms with Gasteiger partial charge in [-0.2, -0.15) is 0 Å². The molecular weight excluding hydrogens is 234 g/mol. The van der Waals surface area contributed by atoms with E-state index in [2.05, 4.69) is 4.99 Å². The predicted octanol–water partition coefficient (Wildman–Crippen LogP) is 0.502. The Bertz CT molecular complexity index is 458. The molecular formula is C13H17NO4. The summed E-state index contributed by atoms with van der Waals surface area (Å²) in [7, 11) is 1.61. The maximum absolute atomic E-state index is 9.53. The van der Waals surface area contributed by atoms with Crippen LogP contribution in [0.15, 0.2) is 23.2 Å². The number of nitrogens with zero attached hydrogens (tertiary/aromatic N) is 1. The fourth-order valence-electron chi connectivity index (χ4n) is 1.92. The highest BCUT2D eigenvalue weighted by molar-refractivity contribution is 5.97. The fraction of sp³-hybridized carbons (Fsp3) is 0.462. The van der Waals surface area contributed by atoms with E-state index in [-0.39, 0.29) is 13.2 Å². The average molecular weight is 251 g/mol. The molecule has 0 unspecified atom stereocenters. The molecule has 0 aliphatic carbocycles. The summed E-state index contributed by atoms with van der Waals surface area (Å²) in [4.78, 5) is 4.29. The lowest BCUT2D eigenvalue weighted by Crippen LogP contribution is -2.28. The molecule has 1 aliphatic heterocycles. The van der Waals surface area contributed by atoms with E-state index in [0.29, 0.717) is 5.90 Å². The second-order valence-corrected chi connectivity index (χ2v) is 4.20. The summed E-state index contributed by atoms with van der Waals surface area (Å²) in [6.07, 6.45) is -0.881. The van der Waals surface area contributed by atoms with Crippen molar-refractivity contribution in [3.63, 3.8) is 0 Å². The number of rotatable bonds is 4. The summed E-state index contributed by atoms with van der Waals surface area (Å²) in [6, 6.07) is 5.22. The first kappa shape index (κ1) is 12.9. The topological polar surface area (TPSA) is 71.3 Å². The van der Waals surface area contributed by atoms with E-state index < -0.39 is 12.1 Å². The number of aliphatic hydroxyl groups excluding tert-OH is 2. The zero-order valence-electron chi connectivity index (χ0n) is 10.5. The molecule has 18 heavy (non-hydrogen) atoms. The molecule has 1 aromatic carbocycles. The van der Waals surface area contributed by atoms with Crippen LogP contribution < -0.4 is 4.74 Å². The zero-order chi connectivity index (χ0) is 13.1. The van der Waals surface area contributed by atoms with Crippen molar-refractivity contribution in [1.82, 2.24) is 0 Å². The van der Waals surface area contributed by atoms with Gasteiger partial charge in [-0.25, -0.2) is 4.99 Å². The van der Waals surface area contributed by atoms with Crippen LogP contribution in [0, 0.1) is 6.92 Å². The van der Waals surface area contributed by atoms with Gasteiger partial charge in [0, 0.05) is 11.1 Å². The molecule has 0 saturated carbocycles. The van der Waals surface area contributed by atoms with Crippen LogP contribution in [-0.4, -0.2) is 48.6 Å². The van der Waals surface area contributed by atoms with Gasteiger partial charge in [0.15, 0.2) is 0 Å². The highest BCUT2D eigenvalue weighted by atomic mass is 16.5. The van der Waals surface area contributed by atoms with E-state index in [4.69, 9.17) is 14.6 Å². The number of hydrogen-bond donors (Lipinski definition) is 2. The third-order valence-corrected chi connectivity index (χ3v) is 3.04. The van der Waals surface area contributed by atoms with Gasteiger partial charge in [0.25, 0.3) is 0 Å². The third kappa shape index (κ3) is 2.32. The standard InChI is InChI=1S/C13H17NO4/c1-8-9(4-3-5-12(8)17-2)13-14-10(7-18-13)11(16)6-15/h3-5,10-11,15-16H,6-7H2,1-2H3/t10-,11-/m0/s1. The number of aliphatic hydroxyl groups is 2. The van der Waals surface area contributed by atoms with Gasteiger partial charge < -0.3 is 19.7 Å². The normalized spacial score (nSPS) is 20.2. The molecule has 1 aromatic rings. The van der Waals surface area contributed by atoms with Crippen molar-refractivity contribution < 1.29 is 19.7 Å². The maximum Gasteiger partial charge on any atom is 0.217 e. The van der Waals surface area contributed by atoms with Crippen LogP contribution in [0.5, 0.6) is 5.75 Å². The van der Waals surface area contributed by atoms with Crippen molar-refractivity contribution in [2.24, 2.45) is 4.99 Å². The minimum atomic E-state index is -0.881. The highest BCUT2D eigenvalue weighted by Crippen LogP contribution is 2.24. The molecule has 0 radical (unpaired) electrons. The Labute approximate surface area is 106 Å². The molecule has 0 bridgehead atoms. The van der Waals surface area contributed by atoms with Crippen molar-refractivity contribution in [2.75, 3.05) is 20.3 Å². The summed E-state index contributed by atoms with van der Waals surface area (Å²) >= 11 is 0. The number of ether oxygens (including phenoxy) is 2. The molecule has 0 spiro atoms. The molecule has 2 N–H and O–H groups in total. The van der Waals surface area contributed by atoms with Gasteiger partial charge in [0.1, 0.15) is 24.5 Å². The molecule has 0 aromatic heterocycles. The van der Waals surface area contributed by atoms with Crippen LogP contribution in [0.2, 0.25) is 0 Å². The average Bonchev–Trinajstić information content (AvgIpc) is 2.87. The monoisotopic (exact) mass is 251 g/mol. The highest BCUT2D eigenvalue weighted by Gasteiger charge is 2.27. The largest absolute Gasteiger partial charge is 0.496 e. The Balaban J connectivity index is 2.28. The van der Waals surface area contributed by atoms with Gasteiger partial charge in [0.2, 0.25) is 5.90 Å². The predicted molar refractivity (Wildman–Crippen MR) is 67.1 cm³/mol. The molecule has 5 heteroatoms. The molecule has 2 atom stereocenters. The van der Waals surface area contributed by atoms with Crippen LogP contribution in [0.4, 0.5) is 0 Å². The zero-order valence-corrected chi connectivity index (χ0v) is 10.5. The van der Waals surface area contributed by atoms with Gasteiger partial charge in [-0.05, 0) is 19.1 Å². The van der Waals surface area contributed by atoms with E-state index in [1.807, 2.05) is 25.1 Å². The second-order valence-electron chi connectivity index (χ2n) is 4.20. The van der Waals surface area contributed by atoms with Gasteiger partial charge in [0.05, 0.1) is 13.7 Å². The van der Waals surface area contributed by atoms with Crippen LogP contribution in [0.1, 0.15) is 11.1 Å². The van der Waals surface area contributed by atoms with Crippen molar-refractivity contribution in [3.05, 3.63) is 29.3 Å². The van der Waals surface area contributed by atoms with Gasteiger partial charge >= 0.3 is 0 Å². The van der Waals surface area contributed by atoms with Crippen molar-refractivity contribution in [3.8, 4) is 5.75 Å².